The average Bonchev–Trinajstić information content (AvgIpc) is 2.96. The van der Waals surface area contributed by atoms with Crippen molar-refractivity contribution < 1.29 is 19.2 Å². The third-order valence-corrected chi connectivity index (χ3v) is 3.50. The number of carbonyl (C=O) groups is 1. The first-order valence-corrected chi connectivity index (χ1v) is 7.11. The first kappa shape index (κ1) is 15.5. The number of nitrogens with zero attached hydrogens (tertiary/aromatic N) is 1. The first-order valence-electron chi connectivity index (χ1n) is 7.11. The maximum atomic E-state index is 12.0. The second-order valence-corrected chi connectivity index (χ2v) is 5.08. The van der Waals surface area contributed by atoms with Crippen LogP contribution in [0.1, 0.15) is 11.1 Å². The van der Waals surface area contributed by atoms with Crippen molar-refractivity contribution in [3.63, 3.8) is 0 Å². The average molecular weight is 323 g/mol. The number of cyclic esters (lactones) is 1. The molecule has 6 heteroatoms. The van der Waals surface area contributed by atoms with Crippen molar-refractivity contribution in [2.24, 2.45) is 0 Å². The van der Waals surface area contributed by atoms with Crippen LogP contribution in [-0.4, -0.2) is 18.0 Å². The van der Waals surface area contributed by atoms with Gasteiger partial charge < -0.3 is 9.47 Å². The number of esters is 1. The highest BCUT2D eigenvalue weighted by Crippen LogP contribution is 2.29. The highest BCUT2D eigenvalue weighted by Gasteiger charge is 2.22. The Labute approximate surface area is 137 Å². The maximum absolute atomic E-state index is 12.0. The summed E-state index contributed by atoms with van der Waals surface area (Å²) in [6, 6.07) is 13.2. The Morgan fingerprint density at radius 3 is 2.58 bits per heavy atom. The van der Waals surface area contributed by atoms with E-state index in [2.05, 4.69) is 0 Å². The molecule has 0 saturated heterocycles. The van der Waals surface area contributed by atoms with Gasteiger partial charge in [-0.3, -0.25) is 10.1 Å². The molecular formula is C18H13NO5. The van der Waals surface area contributed by atoms with E-state index in [0.717, 1.165) is 5.56 Å². The normalized spacial score (nSPS) is 15.1. The van der Waals surface area contributed by atoms with Gasteiger partial charge in [-0.05, 0) is 42.0 Å². The van der Waals surface area contributed by atoms with Crippen LogP contribution in [0.4, 0.5) is 5.69 Å². The summed E-state index contributed by atoms with van der Waals surface area (Å²) in [7, 11) is 1.57. The van der Waals surface area contributed by atoms with Gasteiger partial charge in [0.1, 0.15) is 11.5 Å². The Morgan fingerprint density at radius 2 is 1.92 bits per heavy atom. The van der Waals surface area contributed by atoms with Crippen LogP contribution < -0.4 is 4.74 Å². The van der Waals surface area contributed by atoms with Gasteiger partial charge in [-0.2, -0.15) is 0 Å². The maximum Gasteiger partial charge on any atom is 0.343 e. The van der Waals surface area contributed by atoms with Crippen molar-refractivity contribution in [2.45, 2.75) is 0 Å². The summed E-state index contributed by atoms with van der Waals surface area (Å²) in [5.41, 5.74) is 1.60. The van der Waals surface area contributed by atoms with Gasteiger partial charge in [0.05, 0.1) is 17.6 Å². The number of benzene rings is 2. The Hall–Kier alpha value is -3.41. The first-order chi connectivity index (χ1) is 11.6. The Kier molecular flexibility index (Phi) is 4.11. The van der Waals surface area contributed by atoms with E-state index in [9.17, 15) is 14.9 Å². The quantitative estimate of drug-likeness (QED) is 0.372. The molecule has 0 spiro atoms. The molecule has 2 aromatic carbocycles. The van der Waals surface area contributed by atoms with E-state index >= 15 is 0 Å². The second kappa shape index (κ2) is 6.37. The molecule has 24 heavy (non-hydrogen) atoms. The minimum absolute atomic E-state index is 0.0323. The van der Waals surface area contributed by atoms with Crippen LogP contribution in [0, 0.1) is 10.1 Å². The number of rotatable bonds is 4. The standard InChI is InChI=1S/C18H13NO5/c1-23-16-7-5-13(6-8-16)17-11-14(18(20)24-17)9-12-3-2-4-15(10-12)19(21)22/h2-11H,1H3/b14-9-. The molecule has 0 aliphatic carbocycles. The Morgan fingerprint density at radius 1 is 1.17 bits per heavy atom. The molecule has 0 aromatic heterocycles. The summed E-state index contributed by atoms with van der Waals surface area (Å²) < 4.78 is 10.4. The van der Waals surface area contributed by atoms with Crippen molar-refractivity contribution in [1.82, 2.24) is 0 Å². The molecule has 0 bridgehead atoms. The fourth-order valence-corrected chi connectivity index (χ4v) is 2.29. The molecular weight excluding hydrogens is 310 g/mol. The van der Waals surface area contributed by atoms with Crippen LogP contribution in [0.5, 0.6) is 5.75 Å². The van der Waals surface area contributed by atoms with E-state index in [0.29, 0.717) is 22.6 Å². The lowest BCUT2D eigenvalue weighted by molar-refractivity contribution is -0.384. The molecule has 0 amide bonds. The van der Waals surface area contributed by atoms with Crippen molar-refractivity contribution >= 4 is 23.5 Å². The minimum atomic E-state index is -0.493. The van der Waals surface area contributed by atoms with Crippen LogP contribution in [-0.2, 0) is 9.53 Å². The van der Waals surface area contributed by atoms with E-state index in [1.165, 1.54) is 12.1 Å². The Bertz CT molecular complexity index is 865. The molecule has 1 heterocycles. The third-order valence-electron chi connectivity index (χ3n) is 3.50. The number of hydrogen-bond donors (Lipinski definition) is 0. The molecule has 3 rings (SSSR count). The summed E-state index contributed by atoms with van der Waals surface area (Å²) >= 11 is 0. The topological polar surface area (TPSA) is 78.7 Å². The number of ether oxygens (including phenoxy) is 2. The monoisotopic (exact) mass is 323 g/mol. The van der Waals surface area contributed by atoms with Crippen molar-refractivity contribution in [3.8, 4) is 5.75 Å². The second-order valence-electron chi connectivity index (χ2n) is 5.08. The number of methoxy groups -OCH3 is 1. The number of nitro benzene ring substituents is 1. The van der Waals surface area contributed by atoms with Gasteiger partial charge in [-0.15, -0.1) is 0 Å². The number of hydrogen-bond acceptors (Lipinski definition) is 5. The molecule has 120 valence electrons. The zero-order chi connectivity index (χ0) is 17.1. The Balaban J connectivity index is 1.90. The van der Waals surface area contributed by atoms with E-state index in [1.807, 2.05) is 0 Å². The highest BCUT2D eigenvalue weighted by molar-refractivity contribution is 6.05. The van der Waals surface area contributed by atoms with Crippen LogP contribution in [0.15, 0.2) is 60.2 Å². The molecule has 0 fully saturated rings. The van der Waals surface area contributed by atoms with Crippen LogP contribution >= 0.6 is 0 Å². The predicted octanol–water partition coefficient (Wildman–Crippen LogP) is 3.58. The van der Waals surface area contributed by atoms with Crippen molar-refractivity contribution in [2.75, 3.05) is 7.11 Å². The van der Waals surface area contributed by atoms with Gasteiger partial charge in [0, 0.05) is 17.7 Å². The van der Waals surface area contributed by atoms with Gasteiger partial charge in [0.25, 0.3) is 5.69 Å². The molecule has 1 aliphatic heterocycles. The summed E-state index contributed by atoms with van der Waals surface area (Å²) in [5, 5.41) is 10.8. The van der Waals surface area contributed by atoms with Gasteiger partial charge in [-0.25, -0.2) is 4.79 Å². The van der Waals surface area contributed by atoms with E-state index in [4.69, 9.17) is 9.47 Å². The smallest absolute Gasteiger partial charge is 0.343 e. The van der Waals surface area contributed by atoms with E-state index in [1.54, 1.807) is 55.7 Å². The summed E-state index contributed by atoms with van der Waals surface area (Å²) in [4.78, 5) is 22.3. The fraction of sp³-hybridized carbons (Fsp3) is 0.0556. The van der Waals surface area contributed by atoms with Crippen molar-refractivity contribution in [1.29, 1.82) is 0 Å². The van der Waals surface area contributed by atoms with Crippen LogP contribution in [0.2, 0.25) is 0 Å². The van der Waals surface area contributed by atoms with Gasteiger partial charge >= 0.3 is 5.97 Å². The van der Waals surface area contributed by atoms with Gasteiger partial charge in [0.15, 0.2) is 0 Å². The van der Waals surface area contributed by atoms with E-state index < -0.39 is 10.9 Å². The van der Waals surface area contributed by atoms with Gasteiger partial charge in [-0.1, -0.05) is 12.1 Å². The van der Waals surface area contributed by atoms with E-state index in [-0.39, 0.29) is 5.69 Å². The molecule has 0 N–H and O–H groups in total. The largest absolute Gasteiger partial charge is 0.497 e. The summed E-state index contributed by atoms with van der Waals surface area (Å²) in [6.07, 6.45) is 3.18. The highest BCUT2D eigenvalue weighted by atomic mass is 16.6. The van der Waals surface area contributed by atoms with Crippen LogP contribution in [0.3, 0.4) is 0 Å². The summed E-state index contributed by atoms with van der Waals surface area (Å²) in [5.74, 6) is 0.641. The lowest BCUT2D eigenvalue weighted by Gasteiger charge is -2.03. The molecule has 0 unspecified atom stereocenters. The molecule has 0 radical (unpaired) electrons. The molecule has 1 aliphatic rings. The zero-order valence-electron chi connectivity index (χ0n) is 12.8. The third kappa shape index (κ3) is 3.17. The lowest BCUT2D eigenvalue weighted by Crippen LogP contribution is -1.97. The minimum Gasteiger partial charge on any atom is -0.497 e. The lowest BCUT2D eigenvalue weighted by atomic mass is 10.1. The molecule has 6 nitrogen and oxygen atoms in total. The zero-order valence-corrected chi connectivity index (χ0v) is 12.8. The molecule has 0 saturated carbocycles. The van der Waals surface area contributed by atoms with Crippen LogP contribution in [0.25, 0.3) is 11.8 Å². The SMILES string of the molecule is COc1ccc(C2=C/C(=C/c3cccc([N+](=O)[O-])c3)C(=O)O2)cc1. The number of nitro groups is 1. The number of carbonyl (C=O) groups excluding carboxylic acids is 1. The fourth-order valence-electron chi connectivity index (χ4n) is 2.29. The predicted molar refractivity (Wildman–Crippen MR) is 88.1 cm³/mol. The van der Waals surface area contributed by atoms with Gasteiger partial charge in [0.2, 0.25) is 0 Å². The number of non-ortho nitro benzene ring substituents is 1. The van der Waals surface area contributed by atoms with Crippen molar-refractivity contribution in [3.05, 3.63) is 81.4 Å². The molecule has 2 aromatic rings. The summed E-state index contributed by atoms with van der Waals surface area (Å²) in [6.45, 7) is 0. The molecule has 0 atom stereocenters.